The minimum Gasteiger partial charge on any atom is -0.463 e. The molecule has 2 heterocycles. The summed E-state index contributed by atoms with van der Waals surface area (Å²) in [5, 5.41) is 4.18. The molecule has 0 aliphatic heterocycles. The first-order valence-electron chi connectivity index (χ1n) is 8.38. The number of anilines is 2. The second kappa shape index (κ2) is 7.09. The zero-order valence-corrected chi connectivity index (χ0v) is 15.0. The molecular weight excluding hydrogens is 346 g/mol. The number of esters is 1. The van der Waals surface area contributed by atoms with Gasteiger partial charge in [0.1, 0.15) is 0 Å². The summed E-state index contributed by atoms with van der Waals surface area (Å²) in [6.45, 7) is 2.18. The van der Waals surface area contributed by atoms with Crippen LogP contribution in [-0.2, 0) is 16.0 Å². The SMILES string of the molecule is CCOC(=O)/C=C/c1ccc2c(c1)Cc1sc(Nc3cccnc3)nc1-2. The molecule has 1 N–H and O–H groups in total. The van der Waals surface area contributed by atoms with Crippen molar-refractivity contribution in [3.63, 3.8) is 0 Å². The van der Waals surface area contributed by atoms with Crippen molar-refractivity contribution in [3.8, 4) is 11.3 Å². The van der Waals surface area contributed by atoms with Crippen LogP contribution in [0.4, 0.5) is 10.8 Å². The molecular formula is C20H17N3O2S. The lowest BCUT2D eigenvalue weighted by Crippen LogP contribution is -1.98. The van der Waals surface area contributed by atoms with E-state index in [1.54, 1.807) is 36.7 Å². The number of nitrogens with zero attached hydrogens (tertiary/aromatic N) is 2. The first-order valence-corrected chi connectivity index (χ1v) is 9.19. The number of hydrogen-bond donors (Lipinski definition) is 1. The maximum atomic E-state index is 11.4. The molecule has 1 aliphatic rings. The van der Waals surface area contributed by atoms with Gasteiger partial charge in [0.15, 0.2) is 5.13 Å². The summed E-state index contributed by atoms with van der Waals surface area (Å²) in [5.74, 6) is -0.320. The Balaban J connectivity index is 1.53. The van der Waals surface area contributed by atoms with Crippen LogP contribution in [0.15, 0.2) is 48.8 Å². The van der Waals surface area contributed by atoms with E-state index < -0.39 is 0 Å². The van der Waals surface area contributed by atoms with Crippen LogP contribution in [0.1, 0.15) is 22.9 Å². The molecule has 2 aromatic heterocycles. The number of rotatable bonds is 5. The second-order valence-electron chi connectivity index (χ2n) is 5.84. The molecule has 0 fully saturated rings. The van der Waals surface area contributed by atoms with Crippen molar-refractivity contribution in [2.75, 3.05) is 11.9 Å². The lowest BCUT2D eigenvalue weighted by atomic mass is 10.1. The van der Waals surface area contributed by atoms with Crippen LogP contribution in [0.2, 0.25) is 0 Å². The standard InChI is InChI=1S/C20H17N3O2S/c1-2-25-18(24)8-6-13-5-7-16-14(10-13)11-17-19(16)23-20(26-17)22-15-4-3-9-21-12-15/h3-10,12H,2,11H2,1H3,(H,22,23)/b8-6+. The third-order valence-corrected chi connectivity index (χ3v) is 5.01. The van der Waals surface area contributed by atoms with Crippen LogP contribution >= 0.6 is 11.3 Å². The fraction of sp³-hybridized carbons (Fsp3) is 0.150. The van der Waals surface area contributed by atoms with Crippen molar-refractivity contribution in [2.45, 2.75) is 13.3 Å². The molecule has 4 rings (SSSR count). The molecule has 3 aromatic rings. The number of thiazole rings is 1. The monoisotopic (exact) mass is 363 g/mol. The summed E-state index contributed by atoms with van der Waals surface area (Å²) in [4.78, 5) is 21.5. The van der Waals surface area contributed by atoms with Gasteiger partial charge in [-0.05, 0) is 36.3 Å². The maximum absolute atomic E-state index is 11.4. The van der Waals surface area contributed by atoms with Gasteiger partial charge in [-0.15, -0.1) is 11.3 Å². The van der Waals surface area contributed by atoms with Crippen molar-refractivity contribution >= 4 is 34.2 Å². The number of hydrogen-bond acceptors (Lipinski definition) is 6. The third kappa shape index (κ3) is 3.36. The fourth-order valence-corrected chi connectivity index (χ4v) is 3.94. The summed E-state index contributed by atoms with van der Waals surface area (Å²) < 4.78 is 4.91. The number of pyridine rings is 1. The first kappa shape index (κ1) is 16.5. The van der Waals surface area contributed by atoms with Crippen LogP contribution in [-0.4, -0.2) is 22.5 Å². The lowest BCUT2D eigenvalue weighted by molar-refractivity contribution is -0.137. The highest BCUT2D eigenvalue weighted by Gasteiger charge is 2.23. The van der Waals surface area contributed by atoms with Gasteiger partial charge in [0.25, 0.3) is 0 Å². The van der Waals surface area contributed by atoms with E-state index in [0.717, 1.165) is 34.1 Å². The number of aromatic nitrogens is 2. The predicted molar refractivity (Wildman–Crippen MR) is 104 cm³/mol. The number of ether oxygens (including phenoxy) is 1. The number of fused-ring (bicyclic) bond motifs is 3. The Kier molecular flexibility index (Phi) is 4.50. The Hall–Kier alpha value is -2.99. The van der Waals surface area contributed by atoms with Crippen molar-refractivity contribution in [3.05, 3.63) is 64.8 Å². The van der Waals surface area contributed by atoms with E-state index >= 15 is 0 Å². The van der Waals surface area contributed by atoms with E-state index in [2.05, 4.69) is 22.4 Å². The Labute approximate surface area is 155 Å². The van der Waals surface area contributed by atoms with E-state index in [1.165, 1.54) is 16.5 Å². The van der Waals surface area contributed by atoms with Crippen LogP contribution in [0.25, 0.3) is 17.3 Å². The maximum Gasteiger partial charge on any atom is 0.330 e. The highest BCUT2D eigenvalue weighted by Crippen LogP contribution is 2.42. The van der Waals surface area contributed by atoms with Gasteiger partial charge < -0.3 is 10.1 Å². The Bertz CT molecular complexity index is 980. The highest BCUT2D eigenvalue weighted by atomic mass is 32.1. The second-order valence-corrected chi connectivity index (χ2v) is 6.92. The molecule has 130 valence electrons. The molecule has 5 nitrogen and oxygen atoms in total. The molecule has 6 heteroatoms. The van der Waals surface area contributed by atoms with Crippen LogP contribution in [0, 0.1) is 0 Å². The van der Waals surface area contributed by atoms with E-state index in [-0.39, 0.29) is 5.97 Å². The number of carbonyl (C=O) groups is 1. The summed E-state index contributed by atoms with van der Waals surface area (Å²) >= 11 is 1.66. The van der Waals surface area contributed by atoms with Gasteiger partial charge in [-0.2, -0.15) is 0 Å². The van der Waals surface area contributed by atoms with Crippen molar-refractivity contribution < 1.29 is 9.53 Å². The molecule has 0 amide bonds. The topological polar surface area (TPSA) is 64.1 Å². The van der Waals surface area contributed by atoms with Crippen LogP contribution in [0.3, 0.4) is 0 Å². The number of nitrogens with one attached hydrogen (secondary N) is 1. The normalized spacial score (nSPS) is 12.0. The van der Waals surface area contributed by atoms with Crippen molar-refractivity contribution in [2.24, 2.45) is 0 Å². The zero-order valence-electron chi connectivity index (χ0n) is 14.2. The van der Waals surface area contributed by atoms with E-state index in [0.29, 0.717) is 6.61 Å². The zero-order chi connectivity index (χ0) is 17.9. The summed E-state index contributed by atoms with van der Waals surface area (Å²) in [6, 6.07) is 10.0. The molecule has 0 saturated heterocycles. The minimum absolute atomic E-state index is 0.320. The Morgan fingerprint density at radius 3 is 3.12 bits per heavy atom. The minimum atomic E-state index is -0.320. The molecule has 0 unspecified atom stereocenters. The number of carbonyl (C=O) groups excluding carboxylic acids is 1. The van der Waals surface area contributed by atoms with Crippen molar-refractivity contribution in [1.29, 1.82) is 0 Å². The summed E-state index contributed by atoms with van der Waals surface area (Å²) in [5.41, 5.74) is 5.35. The Morgan fingerprint density at radius 2 is 2.31 bits per heavy atom. The van der Waals surface area contributed by atoms with Gasteiger partial charge in [0, 0.05) is 29.1 Å². The van der Waals surface area contributed by atoms with E-state index in [9.17, 15) is 4.79 Å². The van der Waals surface area contributed by atoms with Crippen LogP contribution < -0.4 is 5.32 Å². The van der Waals surface area contributed by atoms with E-state index in [4.69, 9.17) is 9.72 Å². The molecule has 0 radical (unpaired) electrons. The molecule has 1 aromatic carbocycles. The third-order valence-electron chi connectivity index (χ3n) is 4.04. The molecule has 0 bridgehead atoms. The van der Waals surface area contributed by atoms with Crippen LogP contribution in [0.5, 0.6) is 0 Å². The molecule has 26 heavy (non-hydrogen) atoms. The Morgan fingerprint density at radius 1 is 1.38 bits per heavy atom. The number of benzene rings is 1. The highest BCUT2D eigenvalue weighted by molar-refractivity contribution is 7.16. The fourth-order valence-electron chi connectivity index (χ4n) is 2.92. The quantitative estimate of drug-likeness (QED) is 0.420. The predicted octanol–water partition coefficient (Wildman–Crippen LogP) is 4.43. The lowest BCUT2D eigenvalue weighted by Gasteiger charge is -2.03. The van der Waals surface area contributed by atoms with Gasteiger partial charge in [-0.3, -0.25) is 4.98 Å². The van der Waals surface area contributed by atoms with Gasteiger partial charge >= 0.3 is 5.97 Å². The van der Waals surface area contributed by atoms with Crippen molar-refractivity contribution in [1.82, 2.24) is 9.97 Å². The average molecular weight is 363 g/mol. The molecule has 1 aliphatic carbocycles. The summed E-state index contributed by atoms with van der Waals surface area (Å²) in [7, 11) is 0. The molecule has 0 atom stereocenters. The molecule has 0 spiro atoms. The summed E-state index contributed by atoms with van der Waals surface area (Å²) in [6.07, 6.45) is 7.63. The van der Waals surface area contributed by atoms with Gasteiger partial charge in [-0.25, -0.2) is 9.78 Å². The van der Waals surface area contributed by atoms with E-state index in [1.807, 2.05) is 18.2 Å². The largest absolute Gasteiger partial charge is 0.463 e. The van der Waals surface area contributed by atoms with Gasteiger partial charge in [-0.1, -0.05) is 18.2 Å². The van der Waals surface area contributed by atoms with Gasteiger partial charge in [0.2, 0.25) is 0 Å². The smallest absolute Gasteiger partial charge is 0.330 e. The first-order chi connectivity index (χ1) is 12.7. The van der Waals surface area contributed by atoms with Gasteiger partial charge in [0.05, 0.1) is 24.2 Å². The average Bonchev–Trinajstić information content (AvgIpc) is 3.17. The molecule has 0 saturated carbocycles.